The Balaban J connectivity index is 2.32. The Bertz CT molecular complexity index is 593. The first-order valence-electron chi connectivity index (χ1n) is 7.59. The van der Waals surface area contributed by atoms with E-state index in [2.05, 4.69) is 76.7 Å². The van der Waals surface area contributed by atoms with Crippen molar-refractivity contribution < 1.29 is 0 Å². The third-order valence-electron chi connectivity index (χ3n) is 4.38. The van der Waals surface area contributed by atoms with E-state index in [1.807, 2.05) is 0 Å². The van der Waals surface area contributed by atoms with Crippen molar-refractivity contribution >= 4 is 16.3 Å². The molecular weight excluding hydrogens is 240 g/mol. The fourth-order valence-electron chi connectivity index (χ4n) is 3.00. The molecule has 0 bridgehead atoms. The van der Waals surface area contributed by atoms with Crippen LogP contribution in [0.25, 0.3) is 16.3 Å². The van der Waals surface area contributed by atoms with Gasteiger partial charge in [-0.3, -0.25) is 0 Å². The molecule has 0 heterocycles. The number of allylic oxidation sites excluding steroid dienone is 1. The van der Waals surface area contributed by atoms with Crippen molar-refractivity contribution in [3.63, 3.8) is 0 Å². The summed E-state index contributed by atoms with van der Waals surface area (Å²) in [6, 6.07) is 15.1. The van der Waals surface area contributed by atoms with Gasteiger partial charge >= 0.3 is 0 Å². The molecule has 2 rings (SSSR count). The number of hydrogen-bond donors (Lipinski definition) is 0. The average molecular weight is 266 g/mol. The highest BCUT2D eigenvalue weighted by Gasteiger charge is 2.23. The molecule has 0 nitrogen and oxygen atoms in total. The van der Waals surface area contributed by atoms with Gasteiger partial charge < -0.3 is 0 Å². The average Bonchev–Trinajstić information content (AvgIpc) is 2.42. The molecule has 0 amide bonds. The standard InChI is InChI=1S/C20H26/c1-6-17(20(3,4)5)14-15(2)18-13-9-11-16-10-7-8-12-19(16)18/h7-13,17H,2,6,14H2,1,3-5H3. The number of benzene rings is 2. The monoisotopic (exact) mass is 266 g/mol. The van der Waals surface area contributed by atoms with Gasteiger partial charge in [-0.05, 0) is 39.7 Å². The van der Waals surface area contributed by atoms with Crippen LogP contribution in [0.2, 0.25) is 0 Å². The molecule has 0 saturated carbocycles. The number of hydrogen-bond acceptors (Lipinski definition) is 0. The van der Waals surface area contributed by atoms with Crippen LogP contribution in [-0.2, 0) is 0 Å². The lowest BCUT2D eigenvalue weighted by Gasteiger charge is -2.30. The highest BCUT2D eigenvalue weighted by atomic mass is 14.3. The molecule has 1 atom stereocenters. The second-order valence-corrected chi connectivity index (χ2v) is 6.81. The lowest BCUT2D eigenvalue weighted by atomic mass is 9.75. The highest BCUT2D eigenvalue weighted by Crippen LogP contribution is 2.37. The van der Waals surface area contributed by atoms with E-state index in [0.29, 0.717) is 11.3 Å². The zero-order valence-corrected chi connectivity index (χ0v) is 13.2. The minimum atomic E-state index is 0.336. The van der Waals surface area contributed by atoms with Crippen molar-refractivity contribution in [3.05, 3.63) is 54.6 Å². The molecule has 20 heavy (non-hydrogen) atoms. The van der Waals surface area contributed by atoms with Gasteiger partial charge in [-0.25, -0.2) is 0 Å². The third kappa shape index (κ3) is 3.12. The summed E-state index contributed by atoms with van der Waals surface area (Å²) in [5.74, 6) is 0.675. The summed E-state index contributed by atoms with van der Waals surface area (Å²) < 4.78 is 0. The maximum Gasteiger partial charge on any atom is -0.0109 e. The van der Waals surface area contributed by atoms with Crippen LogP contribution in [-0.4, -0.2) is 0 Å². The van der Waals surface area contributed by atoms with Crippen LogP contribution in [0, 0.1) is 11.3 Å². The molecule has 2 aromatic carbocycles. The predicted octanol–water partition coefficient (Wildman–Crippen LogP) is 6.32. The van der Waals surface area contributed by atoms with Gasteiger partial charge in [0.15, 0.2) is 0 Å². The second-order valence-electron chi connectivity index (χ2n) is 6.81. The van der Waals surface area contributed by atoms with Crippen molar-refractivity contribution in [1.82, 2.24) is 0 Å². The molecule has 0 aromatic heterocycles. The molecule has 0 heteroatoms. The molecule has 0 radical (unpaired) electrons. The van der Waals surface area contributed by atoms with Crippen LogP contribution in [0.1, 0.15) is 46.1 Å². The van der Waals surface area contributed by atoms with Gasteiger partial charge in [0.25, 0.3) is 0 Å². The molecule has 0 saturated heterocycles. The van der Waals surface area contributed by atoms with E-state index in [4.69, 9.17) is 0 Å². The summed E-state index contributed by atoms with van der Waals surface area (Å²) in [5.41, 5.74) is 2.91. The Kier molecular flexibility index (Phi) is 4.32. The maximum absolute atomic E-state index is 4.38. The summed E-state index contributed by atoms with van der Waals surface area (Å²) in [5, 5.41) is 2.62. The van der Waals surface area contributed by atoms with E-state index in [1.54, 1.807) is 0 Å². The molecular formula is C20H26. The van der Waals surface area contributed by atoms with Gasteiger partial charge in [0.05, 0.1) is 0 Å². The van der Waals surface area contributed by atoms with Crippen LogP contribution < -0.4 is 0 Å². The van der Waals surface area contributed by atoms with Crippen LogP contribution in [0.3, 0.4) is 0 Å². The third-order valence-corrected chi connectivity index (χ3v) is 4.38. The Morgan fingerprint density at radius 3 is 2.35 bits per heavy atom. The van der Waals surface area contributed by atoms with Crippen molar-refractivity contribution in [2.75, 3.05) is 0 Å². The van der Waals surface area contributed by atoms with Gasteiger partial charge in [0.2, 0.25) is 0 Å². The Hall–Kier alpha value is -1.56. The van der Waals surface area contributed by atoms with E-state index in [1.165, 1.54) is 28.3 Å². The Labute approximate surface area is 123 Å². The zero-order valence-electron chi connectivity index (χ0n) is 13.2. The van der Waals surface area contributed by atoms with Crippen LogP contribution in [0.15, 0.2) is 49.0 Å². The molecule has 0 N–H and O–H groups in total. The quantitative estimate of drug-likeness (QED) is 0.607. The summed E-state index contributed by atoms with van der Waals surface area (Å²) in [4.78, 5) is 0. The minimum Gasteiger partial charge on any atom is -0.0952 e. The Morgan fingerprint density at radius 2 is 1.70 bits per heavy atom. The van der Waals surface area contributed by atoms with Gasteiger partial charge in [0, 0.05) is 0 Å². The highest BCUT2D eigenvalue weighted by molar-refractivity contribution is 5.93. The first-order chi connectivity index (χ1) is 9.43. The summed E-state index contributed by atoms with van der Waals surface area (Å²) in [6.07, 6.45) is 2.28. The van der Waals surface area contributed by atoms with Gasteiger partial charge in [-0.1, -0.05) is 83.2 Å². The van der Waals surface area contributed by atoms with E-state index in [0.717, 1.165) is 6.42 Å². The van der Waals surface area contributed by atoms with Gasteiger partial charge in [-0.2, -0.15) is 0 Å². The molecule has 2 aromatic rings. The largest absolute Gasteiger partial charge is 0.0952 e. The summed E-state index contributed by atoms with van der Waals surface area (Å²) in [7, 11) is 0. The van der Waals surface area contributed by atoms with E-state index in [-0.39, 0.29) is 0 Å². The van der Waals surface area contributed by atoms with Crippen LogP contribution in [0.5, 0.6) is 0 Å². The van der Waals surface area contributed by atoms with Crippen molar-refractivity contribution in [1.29, 1.82) is 0 Å². The van der Waals surface area contributed by atoms with Gasteiger partial charge in [-0.15, -0.1) is 0 Å². The fraction of sp³-hybridized carbons (Fsp3) is 0.400. The molecule has 1 unspecified atom stereocenters. The predicted molar refractivity (Wildman–Crippen MR) is 90.8 cm³/mol. The lowest BCUT2D eigenvalue weighted by molar-refractivity contribution is 0.238. The van der Waals surface area contributed by atoms with Gasteiger partial charge in [0.1, 0.15) is 0 Å². The molecule has 0 fully saturated rings. The minimum absolute atomic E-state index is 0.336. The first kappa shape index (κ1) is 14.8. The summed E-state index contributed by atoms with van der Waals surface area (Å²) in [6.45, 7) is 13.7. The number of rotatable bonds is 4. The van der Waals surface area contributed by atoms with E-state index < -0.39 is 0 Å². The molecule has 0 aliphatic heterocycles. The second kappa shape index (κ2) is 5.83. The maximum atomic E-state index is 4.38. The zero-order chi connectivity index (χ0) is 14.8. The molecule has 106 valence electrons. The molecule has 0 spiro atoms. The SMILES string of the molecule is C=C(CC(CC)C(C)(C)C)c1cccc2ccccc12. The van der Waals surface area contributed by atoms with E-state index >= 15 is 0 Å². The molecule has 0 aliphatic rings. The number of fused-ring (bicyclic) bond motifs is 1. The smallest absolute Gasteiger partial charge is 0.0109 e. The fourth-order valence-corrected chi connectivity index (χ4v) is 3.00. The summed E-state index contributed by atoms with van der Waals surface area (Å²) >= 11 is 0. The lowest BCUT2D eigenvalue weighted by Crippen LogP contribution is -2.19. The van der Waals surface area contributed by atoms with Crippen LogP contribution >= 0.6 is 0 Å². The van der Waals surface area contributed by atoms with E-state index in [9.17, 15) is 0 Å². The Morgan fingerprint density at radius 1 is 1.05 bits per heavy atom. The topological polar surface area (TPSA) is 0 Å². The molecule has 0 aliphatic carbocycles. The first-order valence-corrected chi connectivity index (χ1v) is 7.59. The van der Waals surface area contributed by atoms with Crippen LogP contribution in [0.4, 0.5) is 0 Å². The van der Waals surface area contributed by atoms with Crippen molar-refractivity contribution in [3.8, 4) is 0 Å². The normalized spacial score (nSPS) is 13.4. The van der Waals surface area contributed by atoms with Crippen molar-refractivity contribution in [2.45, 2.75) is 40.5 Å². The van der Waals surface area contributed by atoms with Crippen molar-refractivity contribution in [2.24, 2.45) is 11.3 Å².